The highest BCUT2D eigenvalue weighted by molar-refractivity contribution is 6.30. The monoisotopic (exact) mass is 240 g/mol. The molecule has 2 aromatic rings. The number of carboxylic acid groups (broad SMARTS) is 1. The topological polar surface area (TPSA) is 55.1 Å². The molecule has 0 aliphatic heterocycles. The molecule has 0 saturated carbocycles. The van der Waals surface area contributed by atoms with E-state index in [0.717, 1.165) is 10.7 Å². The van der Waals surface area contributed by atoms with E-state index in [2.05, 4.69) is 5.10 Å². The Labute approximate surface area is 94.9 Å². The molecule has 0 fully saturated rings. The molecule has 1 aromatic carbocycles. The molecule has 2 rings (SSSR count). The summed E-state index contributed by atoms with van der Waals surface area (Å²) in [6.45, 7) is 0. The molecule has 6 heteroatoms. The van der Waals surface area contributed by atoms with Crippen LogP contribution in [0.4, 0.5) is 4.39 Å². The summed E-state index contributed by atoms with van der Waals surface area (Å²) in [5, 5.41) is 12.6. The van der Waals surface area contributed by atoms with Gasteiger partial charge in [-0.05, 0) is 24.3 Å². The lowest BCUT2D eigenvalue weighted by atomic mass is 10.3. The minimum atomic E-state index is -1.16. The summed E-state index contributed by atoms with van der Waals surface area (Å²) in [6.07, 6.45) is 1.37. The number of hydrogen-bond donors (Lipinski definition) is 1. The number of halogens is 2. The Hall–Kier alpha value is -1.88. The summed E-state index contributed by atoms with van der Waals surface area (Å²) in [5.74, 6) is -1.72. The Morgan fingerprint density at radius 2 is 2.19 bits per heavy atom. The molecule has 4 nitrogen and oxygen atoms in total. The molecule has 1 heterocycles. The highest BCUT2D eigenvalue weighted by Crippen LogP contribution is 2.17. The van der Waals surface area contributed by atoms with Gasteiger partial charge in [-0.25, -0.2) is 13.9 Å². The summed E-state index contributed by atoms with van der Waals surface area (Å²) in [4.78, 5) is 10.6. The Morgan fingerprint density at radius 3 is 2.75 bits per heavy atom. The van der Waals surface area contributed by atoms with Gasteiger partial charge >= 0.3 is 5.97 Å². The van der Waals surface area contributed by atoms with Crippen LogP contribution in [0.1, 0.15) is 10.5 Å². The van der Waals surface area contributed by atoms with Gasteiger partial charge in [0.1, 0.15) is 11.5 Å². The largest absolute Gasteiger partial charge is 0.476 e. The second-order valence-electron chi connectivity index (χ2n) is 3.05. The van der Waals surface area contributed by atoms with Crippen molar-refractivity contribution >= 4 is 17.6 Å². The third-order valence-corrected chi connectivity index (χ3v) is 2.20. The van der Waals surface area contributed by atoms with E-state index in [4.69, 9.17) is 16.7 Å². The number of benzene rings is 1. The Bertz CT molecular complexity index is 554. The number of carbonyl (C=O) groups is 1. The van der Waals surface area contributed by atoms with E-state index in [0.29, 0.717) is 0 Å². The van der Waals surface area contributed by atoms with Crippen LogP contribution in [0, 0.1) is 5.82 Å². The van der Waals surface area contributed by atoms with Crippen molar-refractivity contribution in [3.63, 3.8) is 0 Å². The second kappa shape index (κ2) is 3.94. The standard InChI is InChI=1S/C10H6ClFN2O2/c11-6-1-2-9(7(12)5-6)14-4-3-8(13-14)10(15)16/h1-5H,(H,15,16). The highest BCUT2D eigenvalue weighted by atomic mass is 35.5. The minimum absolute atomic E-state index is 0.144. The van der Waals surface area contributed by atoms with Crippen LogP contribution < -0.4 is 0 Å². The molecule has 0 spiro atoms. The van der Waals surface area contributed by atoms with E-state index in [9.17, 15) is 9.18 Å². The molecule has 1 aromatic heterocycles. The fourth-order valence-electron chi connectivity index (χ4n) is 1.24. The summed E-state index contributed by atoms with van der Waals surface area (Å²) >= 11 is 5.60. The van der Waals surface area contributed by atoms with Crippen LogP contribution in [0.3, 0.4) is 0 Å². The first-order valence-corrected chi connectivity index (χ1v) is 4.70. The zero-order chi connectivity index (χ0) is 11.7. The molecule has 0 aliphatic carbocycles. The fourth-order valence-corrected chi connectivity index (χ4v) is 1.40. The van der Waals surface area contributed by atoms with Gasteiger partial charge in [0.25, 0.3) is 0 Å². The molecule has 0 saturated heterocycles. The predicted octanol–water partition coefficient (Wildman–Crippen LogP) is 2.36. The van der Waals surface area contributed by atoms with Crippen LogP contribution in [0.5, 0.6) is 0 Å². The third-order valence-electron chi connectivity index (χ3n) is 1.96. The molecule has 82 valence electrons. The normalized spacial score (nSPS) is 10.4. The van der Waals surface area contributed by atoms with E-state index in [1.807, 2.05) is 0 Å². The quantitative estimate of drug-likeness (QED) is 0.877. The van der Waals surface area contributed by atoms with Crippen LogP contribution in [0.25, 0.3) is 5.69 Å². The lowest BCUT2D eigenvalue weighted by Gasteiger charge is -2.02. The Morgan fingerprint density at radius 1 is 1.44 bits per heavy atom. The van der Waals surface area contributed by atoms with Crippen molar-refractivity contribution in [1.82, 2.24) is 9.78 Å². The molecule has 1 N–H and O–H groups in total. The molecule has 16 heavy (non-hydrogen) atoms. The average Bonchev–Trinajstić information content (AvgIpc) is 2.66. The molecular formula is C10H6ClFN2O2. The number of aromatic nitrogens is 2. The first-order valence-electron chi connectivity index (χ1n) is 4.32. The number of rotatable bonds is 2. The summed E-state index contributed by atoms with van der Waals surface area (Å²) in [5.41, 5.74) is 0.00579. The van der Waals surface area contributed by atoms with Gasteiger partial charge in [0.15, 0.2) is 5.69 Å². The van der Waals surface area contributed by atoms with Gasteiger partial charge in [0.05, 0.1) is 0 Å². The lowest BCUT2D eigenvalue weighted by Crippen LogP contribution is -2.02. The van der Waals surface area contributed by atoms with Gasteiger partial charge in [0.2, 0.25) is 0 Å². The van der Waals surface area contributed by atoms with Gasteiger partial charge in [0, 0.05) is 11.2 Å². The maximum absolute atomic E-state index is 13.5. The van der Waals surface area contributed by atoms with Crippen molar-refractivity contribution in [2.24, 2.45) is 0 Å². The van der Waals surface area contributed by atoms with Crippen LogP contribution in [0.15, 0.2) is 30.5 Å². The average molecular weight is 241 g/mol. The molecule has 0 unspecified atom stereocenters. The second-order valence-corrected chi connectivity index (χ2v) is 3.48. The van der Waals surface area contributed by atoms with Crippen LogP contribution >= 0.6 is 11.6 Å². The van der Waals surface area contributed by atoms with Crippen LogP contribution in [0.2, 0.25) is 5.02 Å². The number of hydrogen-bond acceptors (Lipinski definition) is 2. The zero-order valence-electron chi connectivity index (χ0n) is 7.89. The number of aromatic carboxylic acids is 1. The van der Waals surface area contributed by atoms with Crippen molar-refractivity contribution < 1.29 is 14.3 Å². The summed E-state index contributed by atoms with van der Waals surface area (Å²) in [7, 11) is 0. The van der Waals surface area contributed by atoms with Gasteiger partial charge in [-0.2, -0.15) is 5.10 Å². The molecule has 0 radical (unpaired) electrons. The Balaban J connectivity index is 2.46. The van der Waals surface area contributed by atoms with Crippen molar-refractivity contribution in [3.05, 3.63) is 47.0 Å². The van der Waals surface area contributed by atoms with Gasteiger partial charge < -0.3 is 5.11 Å². The third kappa shape index (κ3) is 1.90. The predicted molar refractivity (Wildman–Crippen MR) is 55.5 cm³/mol. The fraction of sp³-hybridized carbons (Fsp3) is 0. The van der Waals surface area contributed by atoms with Crippen LogP contribution in [-0.4, -0.2) is 20.9 Å². The van der Waals surface area contributed by atoms with Crippen molar-refractivity contribution in [2.45, 2.75) is 0 Å². The first-order chi connectivity index (χ1) is 7.58. The smallest absolute Gasteiger partial charge is 0.356 e. The van der Waals surface area contributed by atoms with E-state index in [1.165, 1.54) is 24.4 Å². The van der Waals surface area contributed by atoms with Gasteiger partial charge in [-0.3, -0.25) is 0 Å². The molecule has 0 amide bonds. The summed E-state index contributed by atoms with van der Waals surface area (Å²) < 4.78 is 14.6. The van der Waals surface area contributed by atoms with E-state index in [-0.39, 0.29) is 16.4 Å². The first kappa shape index (κ1) is 10.6. The SMILES string of the molecule is O=C(O)c1ccn(-c2ccc(Cl)cc2F)n1. The Kier molecular flexibility index (Phi) is 2.62. The van der Waals surface area contributed by atoms with Crippen molar-refractivity contribution in [1.29, 1.82) is 0 Å². The maximum atomic E-state index is 13.5. The molecule has 0 atom stereocenters. The lowest BCUT2D eigenvalue weighted by molar-refractivity contribution is 0.0690. The highest BCUT2D eigenvalue weighted by Gasteiger charge is 2.10. The van der Waals surface area contributed by atoms with Gasteiger partial charge in [-0.15, -0.1) is 0 Å². The van der Waals surface area contributed by atoms with Gasteiger partial charge in [-0.1, -0.05) is 11.6 Å². The zero-order valence-corrected chi connectivity index (χ0v) is 8.65. The van der Waals surface area contributed by atoms with E-state index >= 15 is 0 Å². The summed E-state index contributed by atoms with van der Waals surface area (Å²) in [6, 6.07) is 5.35. The van der Waals surface area contributed by atoms with E-state index < -0.39 is 11.8 Å². The number of nitrogens with zero attached hydrogens (tertiary/aromatic N) is 2. The molecular weight excluding hydrogens is 235 g/mol. The minimum Gasteiger partial charge on any atom is -0.476 e. The molecule has 0 bridgehead atoms. The molecule has 0 aliphatic rings. The number of carboxylic acids is 1. The van der Waals surface area contributed by atoms with Crippen molar-refractivity contribution in [3.8, 4) is 5.69 Å². The van der Waals surface area contributed by atoms with Crippen molar-refractivity contribution in [2.75, 3.05) is 0 Å². The van der Waals surface area contributed by atoms with E-state index in [1.54, 1.807) is 0 Å². The van der Waals surface area contributed by atoms with Crippen LogP contribution in [-0.2, 0) is 0 Å². The maximum Gasteiger partial charge on any atom is 0.356 e.